The van der Waals surface area contributed by atoms with E-state index in [0.717, 1.165) is 43.1 Å². The van der Waals surface area contributed by atoms with E-state index in [1.807, 2.05) is 17.0 Å². The van der Waals surface area contributed by atoms with Crippen molar-refractivity contribution < 1.29 is 4.79 Å². The highest BCUT2D eigenvalue weighted by Gasteiger charge is 2.44. The van der Waals surface area contributed by atoms with Gasteiger partial charge in [-0.15, -0.1) is 12.4 Å². The summed E-state index contributed by atoms with van der Waals surface area (Å²) in [6, 6.07) is 8.45. The van der Waals surface area contributed by atoms with Crippen LogP contribution < -0.4 is 5.73 Å². The zero-order chi connectivity index (χ0) is 14.9. The fourth-order valence-electron chi connectivity index (χ4n) is 3.84. The zero-order valence-electron chi connectivity index (χ0n) is 12.8. The third-order valence-electron chi connectivity index (χ3n) is 5.01. The van der Waals surface area contributed by atoms with Gasteiger partial charge in [-0.2, -0.15) is 0 Å². The smallest absolute Gasteiger partial charge is 0.233 e. The number of carbonyl (C=O) groups excluding carboxylic acids is 1. The lowest BCUT2D eigenvalue weighted by Gasteiger charge is -2.39. The first-order chi connectivity index (χ1) is 10.1. The molecule has 0 bridgehead atoms. The van der Waals surface area contributed by atoms with Crippen LogP contribution in [0.2, 0.25) is 0 Å². The van der Waals surface area contributed by atoms with Crippen LogP contribution in [0, 0.1) is 0 Å². The normalized spacial score (nSPS) is 23.9. The van der Waals surface area contributed by atoms with Crippen molar-refractivity contribution in [3.8, 4) is 0 Å². The highest BCUT2D eigenvalue weighted by Crippen LogP contribution is 2.42. The number of amides is 1. The first kappa shape index (κ1) is 17.8. The second kappa shape index (κ2) is 7.33. The zero-order valence-corrected chi connectivity index (χ0v) is 15.2. The number of rotatable bonds is 2. The van der Waals surface area contributed by atoms with E-state index in [4.69, 9.17) is 5.73 Å². The lowest BCUT2D eigenvalue weighted by Crippen LogP contribution is -2.47. The van der Waals surface area contributed by atoms with Gasteiger partial charge in [0.1, 0.15) is 0 Å². The van der Waals surface area contributed by atoms with Gasteiger partial charge in [0.25, 0.3) is 0 Å². The monoisotopic (exact) mass is 386 g/mol. The summed E-state index contributed by atoms with van der Waals surface area (Å²) in [5.74, 6) is 0.299. The molecule has 22 heavy (non-hydrogen) atoms. The van der Waals surface area contributed by atoms with Crippen molar-refractivity contribution in [2.45, 2.75) is 50.0 Å². The molecule has 1 aromatic rings. The maximum Gasteiger partial charge on any atom is 0.233 e. The Morgan fingerprint density at radius 3 is 2.59 bits per heavy atom. The van der Waals surface area contributed by atoms with Gasteiger partial charge in [0.05, 0.1) is 5.41 Å². The molecular weight excluding hydrogens is 364 g/mol. The van der Waals surface area contributed by atoms with E-state index in [-0.39, 0.29) is 23.9 Å². The van der Waals surface area contributed by atoms with Crippen molar-refractivity contribution >= 4 is 34.2 Å². The Bertz CT molecular complexity index is 531. The molecule has 3 nitrogen and oxygen atoms in total. The van der Waals surface area contributed by atoms with Crippen LogP contribution in [0.1, 0.15) is 44.1 Å². The molecular formula is C17H24BrClN2O. The largest absolute Gasteiger partial charge is 0.340 e. The Kier molecular flexibility index (Phi) is 5.92. The molecule has 1 saturated heterocycles. The summed E-state index contributed by atoms with van der Waals surface area (Å²) in [6.45, 7) is 1.53. The number of likely N-dealkylation sites (tertiary alicyclic amines) is 1. The summed E-state index contributed by atoms with van der Waals surface area (Å²) in [7, 11) is 0. The Labute approximate surface area is 147 Å². The molecule has 1 aliphatic carbocycles. The van der Waals surface area contributed by atoms with Crippen LogP contribution >= 0.6 is 28.3 Å². The maximum atomic E-state index is 13.2. The number of benzene rings is 1. The van der Waals surface area contributed by atoms with Crippen LogP contribution in [-0.4, -0.2) is 29.9 Å². The van der Waals surface area contributed by atoms with Gasteiger partial charge in [-0.1, -0.05) is 47.3 Å². The fraction of sp³-hybridized carbons (Fsp3) is 0.588. The molecule has 2 N–H and O–H groups in total. The molecule has 2 aliphatic rings. The predicted molar refractivity (Wildman–Crippen MR) is 95.3 cm³/mol. The molecule has 2 fully saturated rings. The molecule has 1 aromatic carbocycles. The summed E-state index contributed by atoms with van der Waals surface area (Å²) < 4.78 is 1.05. The molecule has 0 unspecified atom stereocenters. The molecule has 1 aliphatic heterocycles. The van der Waals surface area contributed by atoms with E-state index >= 15 is 0 Å². The van der Waals surface area contributed by atoms with E-state index < -0.39 is 0 Å². The lowest BCUT2D eigenvalue weighted by atomic mass is 9.68. The van der Waals surface area contributed by atoms with Crippen LogP contribution in [0.15, 0.2) is 28.7 Å². The van der Waals surface area contributed by atoms with Crippen molar-refractivity contribution in [2.24, 2.45) is 5.73 Å². The number of nitrogens with zero attached hydrogens (tertiary/aromatic N) is 1. The number of carbonyl (C=O) groups is 1. The quantitative estimate of drug-likeness (QED) is 0.842. The predicted octanol–water partition coefficient (Wildman–Crippen LogP) is 3.63. The van der Waals surface area contributed by atoms with Crippen LogP contribution in [0.4, 0.5) is 0 Å². The van der Waals surface area contributed by atoms with E-state index in [9.17, 15) is 4.79 Å². The minimum atomic E-state index is -0.327. The molecule has 0 spiro atoms. The van der Waals surface area contributed by atoms with Gasteiger partial charge in [-0.3, -0.25) is 4.79 Å². The van der Waals surface area contributed by atoms with Crippen molar-refractivity contribution in [1.29, 1.82) is 0 Å². The summed E-state index contributed by atoms with van der Waals surface area (Å²) in [5, 5.41) is 0. The molecule has 1 heterocycles. The first-order valence-corrected chi connectivity index (χ1v) is 8.72. The summed E-state index contributed by atoms with van der Waals surface area (Å²) in [6.07, 6.45) is 6.38. The van der Waals surface area contributed by atoms with Gasteiger partial charge in [0, 0.05) is 23.6 Å². The minimum absolute atomic E-state index is 0. The average molecular weight is 388 g/mol. The minimum Gasteiger partial charge on any atom is -0.340 e. The third kappa shape index (κ3) is 3.34. The average Bonchev–Trinajstić information content (AvgIpc) is 2.94. The second-order valence-electron chi connectivity index (χ2n) is 6.45. The molecule has 5 heteroatoms. The highest BCUT2D eigenvalue weighted by atomic mass is 79.9. The van der Waals surface area contributed by atoms with Gasteiger partial charge in [-0.25, -0.2) is 0 Å². The highest BCUT2D eigenvalue weighted by molar-refractivity contribution is 9.10. The maximum absolute atomic E-state index is 13.2. The SMILES string of the molecule is Cl.N[C@@H]1CCN(C(=O)C2(c3cccc(Br)c3)CCCCC2)C1. The molecule has 1 amide bonds. The van der Waals surface area contributed by atoms with Crippen molar-refractivity contribution in [1.82, 2.24) is 4.90 Å². The molecule has 0 radical (unpaired) electrons. The van der Waals surface area contributed by atoms with Crippen LogP contribution in [0.25, 0.3) is 0 Å². The van der Waals surface area contributed by atoms with E-state index in [2.05, 4.69) is 28.1 Å². The number of hydrogen-bond donors (Lipinski definition) is 1. The summed E-state index contributed by atoms with van der Waals surface area (Å²) >= 11 is 3.55. The molecule has 0 aromatic heterocycles. The van der Waals surface area contributed by atoms with Crippen LogP contribution in [0.3, 0.4) is 0 Å². The topological polar surface area (TPSA) is 46.3 Å². The summed E-state index contributed by atoms with van der Waals surface area (Å²) in [4.78, 5) is 15.2. The van der Waals surface area contributed by atoms with Crippen molar-refractivity contribution in [2.75, 3.05) is 13.1 Å². The lowest BCUT2D eigenvalue weighted by molar-refractivity contribution is -0.137. The Hall–Kier alpha value is -0.580. The van der Waals surface area contributed by atoms with Crippen LogP contribution in [-0.2, 0) is 10.2 Å². The standard InChI is InChI=1S/C17H23BrN2O.ClH/c18-14-6-4-5-13(11-14)17(8-2-1-3-9-17)16(21)20-10-7-15(19)12-20;/h4-6,11,15H,1-3,7-10,12,19H2;1H/t15-;/m1./s1. The number of halogens is 2. The van der Waals surface area contributed by atoms with Crippen molar-refractivity contribution in [3.63, 3.8) is 0 Å². The summed E-state index contributed by atoms with van der Waals surface area (Å²) in [5.41, 5.74) is 6.84. The number of hydrogen-bond acceptors (Lipinski definition) is 2. The Morgan fingerprint density at radius 1 is 1.27 bits per heavy atom. The van der Waals surface area contributed by atoms with Gasteiger partial charge in [0.15, 0.2) is 0 Å². The van der Waals surface area contributed by atoms with E-state index in [1.165, 1.54) is 12.0 Å². The molecule has 1 saturated carbocycles. The van der Waals surface area contributed by atoms with Gasteiger partial charge in [-0.05, 0) is 37.0 Å². The first-order valence-electron chi connectivity index (χ1n) is 7.93. The van der Waals surface area contributed by atoms with Crippen LogP contribution in [0.5, 0.6) is 0 Å². The Balaban J connectivity index is 0.00000176. The van der Waals surface area contributed by atoms with Gasteiger partial charge in [0.2, 0.25) is 5.91 Å². The second-order valence-corrected chi connectivity index (χ2v) is 7.37. The number of nitrogens with two attached hydrogens (primary N) is 1. The van der Waals surface area contributed by atoms with E-state index in [0.29, 0.717) is 12.5 Å². The molecule has 1 atom stereocenters. The van der Waals surface area contributed by atoms with E-state index in [1.54, 1.807) is 0 Å². The van der Waals surface area contributed by atoms with Gasteiger partial charge >= 0.3 is 0 Å². The molecule has 3 rings (SSSR count). The molecule has 122 valence electrons. The van der Waals surface area contributed by atoms with Gasteiger partial charge < -0.3 is 10.6 Å². The third-order valence-corrected chi connectivity index (χ3v) is 5.50. The fourth-order valence-corrected chi connectivity index (χ4v) is 4.24. The Morgan fingerprint density at radius 2 is 2.00 bits per heavy atom. The van der Waals surface area contributed by atoms with Crippen molar-refractivity contribution in [3.05, 3.63) is 34.3 Å².